The van der Waals surface area contributed by atoms with Gasteiger partial charge in [-0.05, 0) is 42.7 Å². The molecule has 1 unspecified atom stereocenters. The van der Waals surface area contributed by atoms with E-state index in [0.717, 1.165) is 19.4 Å². The topological polar surface area (TPSA) is 26.3 Å². The molecule has 0 spiro atoms. The Morgan fingerprint density at radius 2 is 2.16 bits per heavy atom. The maximum Gasteiger partial charge on any atom is 0.135 e. The normalized spacial score (nSPS) is 18.1. The molecule has 0 saturated carbocycles. The summed E-state index contributed by atoms with van der Waals surface area (Å²) in [5.41, 5.74) is 2.84. The van der Waals surface area contributed by atoms with Gasteiger partial charge in [-0.1, -0.05) is 31.2 Å². The van der Waals surface area contributed by atoms with Crippen LogP contribution in [0.15, 0.2) is 24.3 Å². The van der Waals surface area contributed by atoms with E-state index in [2.05, 4.69) is 31.2 Å². The number of ketones is 1. The molecule has 0 heterocycles. The fourth-order valence-electron chi connectivity index (χ4n) is 2.88. The second kappa shape index (κ2) is 7.44. The Morgan fingerprint density at radius 3 is 3.00 bits per heavy atom. The van der Waals surface area contributed by atoms with Gasteiger partial charge in [0.1, 0.15) is 5.78 Å². The first-order valence-electron chi connectivity index (χ1n) is 7.48. The zero-order valence-electron chi connectivity index (χ0n) is 11.9. The monoisotopic (exact) mass is 260 g/mol. The molecule has 0 N–H and O–H groups in total. The second-order valence-electron chi connectivity index (χ2n) is 5.39. The van der Waals surface area contributed by atoms with E-state index in [1.54, 1.807) is 0 Å². The van der Waals surface area contributed by atoms with E-state index in [1.807, 2.05) is 0 Å². The lowest BCUT2D eigenvalue weighted by atomic mass is 9.80. The molecule has 1 aliphatic carbocycles. The molecule has 0 saturated heterocycles. The molecule has 2 heteroatoms. The molecule has 1 atom stereocenters. The summed E-state index contributed by atoms with van der Waals surface area (Å²) in [7, 11) is 0. The Labute approximate surface area is 116 Å². The number of aryl methyl sites for hydroxylation is 1. The maximum absolute atomic E-state index is 12.0. The minimum absolute atomic E-state index is 0.345. The van der Waals surface area contributed by atoms with Crippen LogP contribution in [-0.4, -0.2) is 19.0 Å². The standard InChI is InChI=1S/C17H24O2/c1-2-11-19-12-10-16(18)13-15-8-5-7-14-6-3-4-9-17(14)15/h3-4,6,9,15H,2,5,7-8,10-13H2,1H3. The summed E-state index contributed by atoms with van der Waals surface area (Å²) in [6, 6.07) is 8.59. The van der Waals surface area contributed by atoms with Crippen LogP contribution in [0.2, 0.25) is 0 Å². The zero-order valence-corrected chi connectivity index (χ0v) is 11.9. The minimum Gasteiger partial charge on any atom is -0.381 e. The van der Waals surface area contributed by atoms with Crippen molar-refractivity contribution in [3.63, 3.8) is 0 Å². The SMILES string of the molecule is CCCOCCC(=O)CC1CCCc2ccccc21. The number of fused-ring (bicyclic) bond motifs is 1. The largest absolute Gasteiger partial charge is 0.381 e. The van der Waals surface area contributed by atoms with E-state index in [-0.39, 0.29) is 0 Å². The van der Waals surface area contributed by atoms with Crippen LogP contribution >= 0.6 is 0 Å². The lowest BCUT2D eigenvalue weighted by Gasteiger charge is -2.24. The Hall–Kier alpha value is -1.15. The molecule has 0 amide bonds. The minimum atomic E-state index is 0.345. The highest BCUT2D eigenvalue weighted by molar-refractivity contribution is 5.79. The molecule has 1 aliphatic rings. The Morgan fingerprint density at radius 1 is 1.32 bits per heavy atom. The summed E-state index contributed by atoms with van der Waals surface area (Å²) in [6.07, 6.45) is 5.80. The first-order chi connectivity index (χ1) is 9.31. The lowest BCUT2D eigenvalue weighted by Crippen LogP contribution is -2.15. The van der Waals surface area contributed by atoms with Crippen LogP contribution in [0.5, 0.6) is 0 Å². The van der Waals surface area contributed by atoms with Gasteiger partial charge in [-0.2, -0.15) is 0 Å². The average Bonchev–Trinajstić information content (AvgIpc) is 2.44. The van der Waals surface area contributed by atoms with Crippen LogP contribution < -0.4 is 0 Å². The molecule has 0 radical (unpaired) electrons. The summed E-state index contributed by atoms with van der Waals surface area (Å²) in [5.74, 6) is 0.779. The number of carbonyl (C=O) groups is 1. The highest BCUT2D eigenvalue weighted by Crippen LogP contribution is 2.34. The van der Waals surface area contributed by atoms with Gasteiger partial charge in [0.05, 0.1) is 6.61 Å². The Bertz CT molecular complexity index is 411. The van der Waals surface area contributed by atoms with Gasteiger partial charge in [0.2, 0.25) is 0 Å². The molecule has 0 aromatic heterocycles. The van der Waals surface area contributed by atoms with Gasteiger partial charge in [-0.15, -0.1) is 0 Å². The van der Waals surface area contributed by atoms with Crippen molar-refractivity contribution in [3.8, 4) is 0 Å². The van der Waals surface area contributed by atoms with Crippen molar-refractivity contribution in [2.45, 2.75) is 51.4 Å². The molecule has 0 bridgehead atoms. The molecular formula is C17H24O2. The lowest BCUT2D eigenvalue weighted by molar-refractivity contribution is -0.120. The fraction of sp³-hybridized carbons (Fsp3) is 0.588. The molecule has 0 aliphatic heterocycles. The molecule has 104 valence electrons. The molecule has 2 nitrogen and oxygen atoms in total. The van der Waals surface area contributed by atoms with Crippen molar-refractivity contribution >= 4 is 5.78 Å². The van der Waals surface area contributed by atoms with E-state index in [9.17, 15) is 4.79 Å². The Kier molecular flexibility index (Phi) is 5.59. The number of Topliss-reactive ketones (excluding diaryl/α,β-unsaturated/α-hetero) is 1. The van der Waals surface area contributed by atoms with Crippen molar-refractivity contribution in [2.24, 2.45) is 0 Å². The van der Waals surface area contributed by atoms with Gasteiger partial charge < -0.3 is 4.74 Å². The number of carbonyl (C=O) groups excluding carboxylic acids is 1. The molecule has 0 fully saturated rings. The highest BCUT2D eigenvalue weighted by atomic mass is 16.5. The summed E-state index contributed by atoms with van der Waals surface area (Å²) in [5, 5.41) is 0. The molecule has 2 rings (SSSR count). The van der Waals surface area contributed by atoms with E-state index < -0.39 is 0 Å². The predicted molar refractivity (Wildman–Crippen MR) is 77.5 cm³/mol. The van der Waals surface area contributed by atoms with Crippen LogP contribution in [0, 0.1) is 0 Å². The number of hydrogen-bond acceptors (Lipinski definition) is 2. The number of hydrogen-bond donors (Lipinski definition) is 0. The quantitative estimate of drug-likeness (QED) is 0.695. The van der Waals surface area contributed by atoms with Gasteiger partial charge >= 0.3 is 0 Å². The van der Waals surface area contributed by atoms with E-state index in [0.29, 0.717) is 31.1 Å². The number of ether oxygens (including phenoxy) is 1. The van der Waals surface area contributed by atoms with Crippen LogP contribution in [0.25, 0.3) is 0 Å². The maximum atomic E-state index is 12.0. The molecule has 19 heavy (non-hydrogen) atoms. The number of rotatable bonds is 7. The van der Waals surface area contributed by atoms with Crippen LogP contribution in [0.1, 0.15) is 56.1 Å². The van der Waals surface area contributed by atoms with Crippen molar-refractivity contribution in [1.29, 1.82) is 0 Å². The fourth-order valence-corrected chi connectivity index (χ4v) is 2.88. The van der Waals surface area contributed by atoms with Crippen molar-refractivity contribution in [1.82, 2.24) is 0 Å². The van der Waals surface area contributed by atoms with Crippen molar-refractivity contribution in [2.75, 3.05) is 13.2 Å². The van der Waals surface area contributed by atoms with Gasteiger partial charge in [-0.25, -0.2) is 0 Å². The number of benzene rings is 1. The van der Waals surface area contributed by atoms with Gasteiger partial charge in [0.25, 0.3) is 0 Å². The van der Waals surface area contributed by atoms with Crippen LogP contribution in [-0.2, 0) is 16.0 Å². The molecular weight excluding hydrogens is 236 g/mol. The molecule has 1 aromatic carbocycles. The van der Waals surface area contributed by atoms with Gasteiger partial charge in [-0.3, -0.25) is 4.79 Å². The summed E-state index contributed by atoms with van der Waals surface area (Å²) in [6.45, 7) is 3.43. The van der Waals surface area contributed by atoms with E-state index in [4.69, 9.17) is 4.74 Å². The summed E-state index contributed by atoms with van der Waals surface area (Å²) in [4.78, 5) is 12.0. The first kappa shape index (κ1) is 14.3. The van der Waals surface area contributed by atoms with Crippen LogP contribution in [0.4, 0.5) is 0 Å². The second-order valence-corrected chi connectivity index (χ2v) is 5.39. The van der Waals surface area contributed by atoms with Crippen molar-refractivity contribution in [3.05, 3.63) is 35.4 Å². The Balaban J connectivity index is 1.85. The third kappa shape index (κ3) is 4.17. The van der Waals surface area contributed by atoms with E-state index >= 15 is 0 Å². The summed E-state index contributed by atoms with van der Waals surface area (Å²) >= 11 is 0. The highest BCUT2D eigenvalue weighted by Gasteiger charge is 2.21. The van der Waals surface area contributed by atoms with Gasteiger partial charge in [0.15, 0.2) is 0 Å². The zero-order chi connectivity index (χ0) is 13.5. The average molecular weight is 260 g/mol. The predicted octanol–water partition coefficient (Wildman–Crippen LogP) is 3.88. The smallest absolute Gasteiger partial charge is 0.135 e. The third-order valence-electron chi connectivity index (χ3n) is 3.84. The van der Waals surface area contributed by atoms with Crippen LogP contribution in [0.3, 0.4) is 0 Å². The summed E-state index contributed by atoms with van der Waals surface area (Å²) < 4.78 is 5.39. The first-order valence-corrected chi connectivity index (χ1v) is 7.48. The van der Waals surface area contributed by atoms with Crippen molar-refractivity contribution < 1.29 is 9.53 Å². The molecule has 1 aromatic rings. The van der Waals surface area contributed by atoms with E-state index in [1.165, 1.54) is 24.0 Å². The third-order valence-corrected chi connectivity index (χ3v) is 3.84. The van der Waals surface area contributed by atoms with Gasteiger partial charge in [0, 0.05) is 19.4 Å².